The van der Waals surface area contributed by atoms with Gasteiger partial charge in [-0.15, -0.1) is 0 Å². The van der Waals surface area contributed by atoms with Crippen molar-refractivity contribution in [3.8, 4) is 0 Å². The summed E-state index contributed by atoms with van der Waals surface area (Å²) < 4.78 is 27.0. The van der Waals surface area contributed by atoms with Crippen LogP contribution in [0.3, 0.4) is 0 Å². The molecule has 1 spiro atoms. The summed E-state index contributed by atoms with van der Waals surface area (Å²) in [5, 5.41) is 0. The molecule has 2 fully saturated rings. The maximum Gasteiger partial charge on any atom is 0.327 e. The molecule has 3 amide bonds. The van der Waals surface area contributed by atoms with Gasteiger partial charge >= 0.3 is 6.03 Å². The Morgan fingerprint density at radius 2 is 1.67 bits per heavy atom. The summed E-state index contributed by atoms with van der Waals surface area (Å²) in [6.07, 6.45) is 0.672. The molecule has 0 N–H and O–H groups in total. The van der Waals surface area contributed by atoms with Gasteiger partial charge in [0.05, 0.1) is 5.75 Å². The number of likely N-dealkylation sites (N-methyl/N-ethyl adjacent to an activating group) is 1. The van der Waals surface area contributed by atoms with E-state index in [2.05, 4.69) is 0 Å². The molecule has 2 saturated heterocycles. The van der Waals surface area contributed by atoms with Crippen LogP contribution in [0.1, 0.15) is 32.3 Å². The van der Waals surface area contributed by atoms with Gasteiger partial charge in [-0.3, -0.25) is 9.69 Å². The third-order valence-corrected chi connectivity index (χ3v) is 7.27. The summed E-state index contributed by atoms with van der Waals surface area (Å²) in [6, 6.07) is 8.79. The van der Waals surface area contributed by atoms with Crippen molar-refractivity contribution in [1.82, 2.24) is 14.1 Å². The quantitative estimate of drug-likeness (QED) is 0.716. The van der Waals surface area contributed by atoms with E-state index >= 15 is 0 Å². The van der Waals surface area contributed by atoms with E-state index in [-0.39, 0.29) is 36.7 Å². The molecule has 7 nitrogen and oxygen atoms in total. The van der Waals surface area contributed by atoms with E-state index in [9.17, 15) is 18.0 Å². The van der Waals surface area contributed by atoms with Crippen LogP contribution in [0.2, 0.25) is 0 Å². The van der Waals surface area contributed by atoms with Gasteiger partial charge < -0.3 is 4.90 Å². The van der Waals surface area contributed by atoms with Crippen molar-refractivity contribution in [3.63, 3.8) is 0 Å². The predicted octanol–water partition coefficient (Wildman–Crippen LogP) is 1.90. The predicted molar refractivity (Wildman–Crippen MR) is 102 cm³/mol. The summed E-state index contributed by atoms with van der Waals surface area (Å²) in [6.45, 7) is 4.99. The average Bonchev–Trinajstić information content (AvgIpc) is 2.79. The van der Waals surface area contributed by atoms with Crippen LogP contribution in [0.5, 0.6) is 0 Å². The highest BCUT2D eigenvalue weighted by atomic mass is 32.2. The molecule has 0 saturated carbocycles. The van der Waals surface area contributed by atoms with Crippen LogP contribution in [-0.2, 0) is 20.6 Å². The van der Waals surface area contributed by atoms with Crippen LogP contribution in [0.25, 0.3) is 0 Å². The second kappa shape index (κ2) is 7.24. The van der Waals surface area contributed by atoms with Crippen molar-refractivity contribution in [2.75, 3.05) is 26.7 Å². The Hall–Kier alpha value is -1.93. The van der Waals surface area contributed by atoms with E-state index < -0.39 is 15.6 Å². The molecule has 2 heterocycles. The van der Waals surface area contributed by atoms with Crippen molar-refractivity contribution in [1.29, 1.82) is 0 Å². The average molecular weight is 394 g/mol. The van der Waals surface area contributed by atoms with Gasteiger partial charge in [0, 0.05) is 26.7 Å². The van der Waals surface area contributed by atoms with Gasteiger partial charge in [0.1, 0.15) is 5.54 Å². The fourth-order valence-electron chi connectivity index (χ4n) is 3.99. The second-order valence-electron chi connectivity index (χ2n) is 7.82. The smallest absolute Gasteiger partial charge is 0.309 e. The van der Waals surface area contributed by atoms with Crippen LogP contribution in [0, 0.1) is 5.92 Å². The zero-order valence-corrected chi connectivity index (χ0v) is 16.9. The first-order chi connectivity index (χ1) is 12.7. The third-order valence-electron chi connectivity index (χ3n) is 5.42. The largest absolute Gasteiger partial charge is 0.327 e. The number of nitrogens with zero attached hydrogens (tertiary/aromatic N) is 3. The number of amides is 3. The summed E-state index contributed by atoms with van der Waals surface area (Å²) in [4.78, 5) is 28.2. The van der Waals surface area contributed by atoms with Gasteiger partial charge in [-0.05, 0) is 24.3 Å². The van der Waals surface area contributed by atoms with E-state index in [0.717, 1.165) is 5.56 Å². The fraction of sp³-hybridized carbons (Fsp3) is 0.579. The minimum atomic E-state index is -3.46. The topological polar surface area (TPSA) is 78.0 Å². The molecule has 0 radical (unpaired) electrons. The number of imide groups is 1. The van der Waals surface area contributed by atoms with E-state index in [1.807, 2.05) is 32.0 Å². The number of piperidine rings is 1. The van der Waals surface area contributed by atoms with Crippen LogP contribution >= 0.6 is 0 Å². The van der Waals surface area contributed by atoms with Crippen molar-refractivity contribution in [3.05, 3.63) is 35.9 Å². The summed E-state index contributed by atoms with van der Waals surface area (Å²) in [5.41, 5.74) is -0.166. The summed E-state index contributed by atoms with van der Waals surface area (Å²) in [5.74, 6) is -0.0400. The molecule has 0 atom stereocenters. The minimum absolute atomic E-state index is 0.0523. The van der Waals surface area contributed by atoms with E-state index in [4.69, 9.17) is 0 Å². The third kappa shape index (κ3) is 3.60. The first-order valence-corrected chi connectivity index (χ1v) is 10.9. The van der Waals surface area contributed by atoms with Crippen LogP contribution in [0.4, 0.5) is 4.79 Å². The highest BCUT2D eigenvalue weighted by Crippen LogP contribution is 2.38. The Labute approximate surface area is 161 Å². The molecule has 8 heteroatoms. The fourth-order valence-corrected chi connectivity index (χ4v) is 5.53. The van der Waals surface area contributed by atoms with Gasteiger partial charge in [-0.25, -0.2) is 17.5 Å². The van der Waals surface area contributed by atoms with Gasteiger partial charge in [0.25, 0.3) is 5.91 Å². The molecule has 0 unspecified atom stereocenters. The first-order valence-electron chi connectivity index (χ1n) is 9.29. The molecular weight excluding hydrogens is 366 g/mol. The maximum absolute atomic E-state index is 12.8. The molecule has 0 aliphatic carbocycles. The monoisotopic (exact) mass is 393 g/mol. The normalized spacial score (nSPS) is 20.9. The van der Waals surface area contributed by atoms with Gasteiger partial charge in [0.2, 0.25) is 10.0 Å². The van der Waals surface area contributed by atoms with Crippen LogP contribution in [-0.4, -0.2) is 66.7 Å². The van der Waals surface area contributed by atoms with Crippen LogP contribution in [0.15, 0.2) is 30.3 Å². The molecule has 2 aliphatic heterocycles. The molecule has 3 rings (SSSR count). The Balaban J connectivity index is 1.76. The number of benzene rings is 1. The lowest BCUT2D eigenvalue weighted by molar-refractivity contribution is -0.134. The number of sulfonamides is 1. The van der Waals surface area contributed by atoms with Crippen molar-refractivity contribution >= 4 is 22.0 Å². The number of urea groups is 1. The molecular formula is C19H27N3O4S. The second-order valence-corrected chi connectivity index (χ2v) is 9.79. The zero-order valence-electron chi connectivity index (χ0n) is 16.1. The van der Waals surface area contributed by atoms with E-state index in [1.165, 1.54) is 16.3 Å². The summed E-state index contributed by atoms with van der Waals surface area (Å²) in [7, 11) is -1.96. The highest BCUT2D eigenvalue weighted by molar-refractivity contribution is 7.88. The van der Waals surface area contributed by atoms with Gasteiger partial charge in [0.15, 0.2) is 0 Å². The lowest BCUT2D eigenvalue weighted by Gasteiger charge is -2.42. The Bertz CT molecular complexity index is 815. The summed E-state index contributed by atoms with van der Waals surface area (Å²) >= 11 is 0. The van der Waals surface area contributed by atoms with Crippen molar-refractivity contribution < 1.29 is 18.0 Å². The maximum atomic E-state index is 12.8. The lowest BCUT2D eigenvalue weighted by atomic mass is 9.86. The number of carbonyl (C=O) groups is 2. The Morgan fingerprint density at radius 3 is 2.22 bits per heavy atom. The molecule has 0 bridgehead atoms. The minimum Gasteiger partial charge on any atom is -0.309 e. The zero-order chi connectivity index (χ0) is 19.8. The van der Waals surface area contributed by atoms with Crippen LogP contribution < -0.4 is 0 Å². The molecule has 27 heavy (non-hydrogen) atoms. The lowest BCUT2D eigenvalue weighted by Crippen LogP contribution is -2.58. The number of hydrogen-bond acceptors (Lipinski definition) is 4. The molecule has 2 aliphatic rings. The molecule has 148 valence electrons. The standard InChI is InChI=1S/C19H27N3O4S/c1-15(2)13-22-18(24)20(3)17(23)19(22)9-11-21(12-10-19)27(25,26)14-16-7-5-4-6-8-16/h4-8,15H,9-14H2,1-3H3. The molecule has 0 aromatic heterocycles. The van der Waals surface area contributed by atoms with Crippen molar-refractivity contribution in [2.45, 2.75) is 38.0 Å². The number of rotatable bonds is 5. The van der Waals surface area contributed by atoms with Gasteiger partial charge in [-0.1, -0.05) is 44.2 Å². The van der Waals surface area contributed by atoms with Crippen molar-refractivity contribution in [2.24, 2.45) is 5.92 Å². The highest BCUT2D eigenvalue weighted by Gasteiger charge is 2.57. The molecule has 1 aromatic carbocycles. The number of carbonyl (C=O) groups excluding carboxylic acids is 2. The Morgan fingerprint density at radius 1 is 1.07 bits per heavy atom. The first kappa shape index (κ1) is 19.8. The SMILES string of the molecule is CC(C)CN1C(=O)N(C)C(=O)C12CCN(S(=O)(=O)Cc1ccccc1)CC2. The van der Waals surface area contributed by atoms with Gasteiger partial charge in [-0.2, -0.15) is 0 Å². The number of hydrogen-bond donors (Lipinski definition) is 0. The Kier molecular flexibility index (Phi) is 5.31. The molecule has 1 aromatic rings. The van der Waals surface area contributed by atoms with E-state index in [1.54, 1.807) is 17.0 Å². The van der Waals surface area contributed by atoms with E-state index in [0.29, 0.717) is 19.4 Å².